The molecule has 0 bridgehead atoms. The van der Waals surface area contributed by atoms with Crippen molar-refractivity contribution >= 4 is 29.3 Å². The second kappa shape index (κ2) is 12.4. The van der Waals surface area contributed by atoms with Crippen molar-refractivity contribution in [3.63, 3.8) is 0 Å². The second-order valence-electron chi connectivity index (χ2n) is 8.87. The van der Waals surface area contributed by atoms with Crippen LogP contribution in [0.1, 0.15) is 21.5 Å². The van der Waals surface area contributed by atoms with Gasteiger partial charge in [0.25, 0.3) is 5.56 Å². The van der Waals surface area contributed by atoms with Crippen molar-refractivity contribution < 1.29 is 14.3 Å². The number of ketones is 1. The number of nitrogens with zero attached hydrogens (tertiary/aromatic N) is 5. The first kappa shape index (κ1) is 28.3. The summed E-state index contributed by atoms with van der Waals surface area (Å²) in [6.07, 6.45) is 1.69. The summed E-state index contributed by atoms with van der Waals surface area (Å²) in [4.78, 5) is 51.9. The Morgan fingerprint density at radius 1 is 1.05 bits per heavy atom. The fourth-order valence-electron chi connectivity index (χ4n) is 4.12. The number of esters is 1. The van der Waals surface area contributed by atoms with Crippen LogP contribution < -0.4 is 17.0 Å². The molecule has 40 heavy (non-hydrogen) atoms. The SMILES string of the molecule is C=CCn1c(SCC(=O)c2c(N)n(Cc3ccccc3)c(=O)n(CC(=O)OC)c2=O)nnc1-c1cccc(C)c1. The van der Waals surface area contributed by atoms with Crippen LogP contribution in [0, 0.1) is 6.92 Å². The molecule has 0 fully saturated rings. The largest absolute Gasteiger partial charge is 0.468 e. The smallest absolute Gasteiger partial charge is 0.333 e. The van der Waals surface area contributed by atoms with Crippen molar-refractivity contribution in [3.05, 3.63) is 105 Å². The number of carbonyl (C=O) groups is 2. The number of rotatable bonds is 11. The van der Waals surface area contributed by atoms with Crippen LogP contribution in [-0.4, -0.2) is 48.5 Å². The number of anilines is 1. The molecule has 4 aromatic rings. The first-order valence-corrected chi connectivity index (χ1v) is 13.2. The molecule has 0 atom stereocenters. The number of nitrogen functional groups attached to an aromatic ring is 1. The van der Waals surface area contributed by atoms with Gasteiger partial charge in [0, 0.05) is 12.1 Å². The van der Waals surface area contributed by atoms with Gasteiger partial charge in [-0.05, 0) is 18.6 Å². The van der Waals surface area contributed by atoms with Crippen LogP contribution in [0.3, 0.4) is 0 Å². The Bertz CT molecular complexity index is 1690. The maximum absolute atomic E-state index is 13.5. The van der Waals surface area contributed by atoms with Crippen molar-refractivity contribution in [2.45, 2.75) is 31.7 Å². The summed E-state index contributed by atoms with van der Waals surface area (Å²) in [7, 11) is 1.14. The standard InChI is InChI=1S/C28H28N6O5S/c1-4-13-32-25(20-12-8-9-18(2)14-20)30-31-27(32)40-17-21(35)23-24(29)33(15-19-10-6-5-7-11-19)28(38)34(26(23)37)16-22(36)39-3/h4-12,14H,1,13,15-17,29H2,2-3H3. The van der Waals surface area contributed by atoms with Crippen molar-refractivity contribution in [2.75, 3.05) is 18.6 Å². The zero-order chi connectivity index (χ0) is 28.8. The molecule has 0 aliphatic heterocycles. The summed E-state index contributed by atoms with van der Waals surface area (Å²) in [6, 6.07) is 16.7. The molecule has 12 heteroatoms. The van der Waals surface area contributed by atoms with Gasteiger partial charge in [-0.3, -0.25) is 23.5 Å². The molecule has 2 aromatic carbocycles. The van der Waals surface area contributed by atoms with E-state index in [2.05, 4.69) is 21.5 Å². The van der Waals surface area contributed by atoms with Gasteiger partial charge in [-0.15, -0.1) is 16.8 Å². The van der Waals surface area contributed by atoms with E-state index < -0.39 is 29.5 Å². The number of Topliss-reactive ketones (excluding diaryl/α,β-unsaturated/α-hetero) is 1. The molecule has 2 N–H and O–H groups in total. The molecule has 0 saturated heterocycles. The Morgan fingerprint density at radius 2 is 1.80 bits per heavy atom. The number of ether oxygens (including phenoxy) is 1. The van der Waals surface area contributed by atoms with Crippen LogP contribution in [0.4, 0.5) is 5.82 Å². The van der Waals surface area contributed by atoms with E-state index in [1.165, 1.54) is 0 Å². The molecular weight excluding hydrogens is 532 g/mol. The summed E-state index contributed by atoms with van der Waals surface area (Å²) >= 11 is 1.07. The predicted octanol–water partition coefficient (Wildman–Crippen LogP) is 2.54. The summed E-state index contributed by atoms with van der Waals surface area (Å²) < 4.78 is 8.23. The quantitative estimate of drug-likeness (QED) is 0.127. The molecule has 0 amide bonds. The minimum absolute atomic E-state index is 0.00606. The van der Waals surface area contributed by atoms with Gasteiger partial charge in [0.15, 0.2) is 16.8 Å². The fourth-order valence-corrected chi connectivity index (χ4v) is 4.94. The Morgan fingerprint density at radius 3 is 2.48 bits per heavy atom. The number of carbonyl (C=O) groups excluding carboxylic acids is 2. The molecule has 4 rings (SSSR count). The topological polar surface area (TPSA) is 144 Å². The molecule has 0 unspecified atom stereocenters. The lowest BCUT2D eigenvalue weighted by molar-refractivity contribution is -0.141. The number of hydrogen-bond donors (Lipinski definition) is 1. The third kappa shape index (κ3) is 5.96. The monoisotopic (exact) mass is 560 g/mol. The number of benzene rings is 2. The third-order valence-electron chi connectivity index (χ3n) is 6.08. The Balaban J connectivity index is 1.71. The highest BCUT2D eigenvalue weighted by Crippen LogP contribution is 2.25. The molecule has 11 nitrogen and oxygen atoms in total. The molecular formula is C28H28N6O5S. The minimum atomic E-state index is -0.962. The number of hydrogen-bond acceptors (Lipinski definition) is 9. The molecule has 0 radical (unpaired) electrons. The zero-order valence-electron chi connectivity index (χ0n) is 22.1. The molecule has 2 heterocycles. The van der Waals surface area contributed by atoms with E-state index in [-0.39, 0.29) is 23.7 Å². The number of allylic oxidation sites excluding steroid dienone is 1. The molecule has 0 saturated carbocycles. The lowest BCUT2D eigenvalue weighted by atomic mass is 10.1. The number of nitrogens with two attached hydrogens (primary N) is 1. The van der Waals surface area contributed by atoms with Crippen LogP contribution >= 0.6 is 11.8 Å². The zero-order valence-corrected chi connectivity index (χ0v) is 22.9. The summed E-state index contributed by atoms with van der Waals surface area (Å²) in [5.74, 6) is -1.33. The van der Waals surface area contributed by atoms with Crippen molar-refractivity contribution in [2.24, 2.45) is 0 Å². The minimum Gasteiger partial charge on any atom is -0.468 e. The highest BCUT2D eigenvalue weighted by atomic mass is 32.2. The van der Waals surface area contributed by atoms with Crippen LogP contribution in [0.15, 0.2) is 82.0 Å². The first-order valence-electron chi connectivity index (χ1n) is 12.3. The second-order valence-corrected chi connectivity index (χ2v) is 9.81. The molecule has 0 spiro atoms. The van der Waals surface area contributed by atoms with Gasteiger partial charge in [-0.2, -0.15) is 0 Å². The summed E-state index contributed by atoms with van der Waals surface area (Å²) in [6.45, 7) is 5.50. The van der Waals surface area contributed by atoms with Gasteiger partial charge in [-0.25, -0.2) is 9.36 Å². The van der Waals surface area contributed by atoms with E-state index in [0.717, 1.165) is 34.6 Å². The first-order chi connectivity index (χ1) is 19.2. The molecule has 0 aliphatic carbocycles. The van der Waals surface area contributed by atoms with E-state index in [9.17, 15) is 19.2 Å². The lowest BCUT2D eigenvalue weighted by Gasteiger charge is -2.16. The Labute approximate surface area is 233 Å². The normalized spacial score (nSPS) is 10.8. The maximum atomic E-state index is 13.5. The fraction of sp³-hybridized carbons (Fsp3) is 0.214. The van der Waals surface area contributed by atoms with Gasteiger partial charge in [0.05, 0.1) is 19.4 Å². The van der Waals surface area contributed by atoms with Crippen LogP contribution in [0.5, 0.6) is 0 Å². The summed E-state index contributed by atoms with van der Waals surface area (Å²) in [5.41, 5.74) is 6.72. The van der Waals surface area contributed by atoms with Crippen LogP contribution in [0.2, 0.25) is 0 Å². The van der Waals surface area contributed by atoms with Crippen molar-refractivity contribution in [1.82, 2.24) is 23.9 Å². The summed E-state index contributed by atoms with van der Waals surface area (Å²) in [5, 5.41) is 9.00. The predicted molar refractivity (Wildman–Crippen MR) is 152 cm³/mol. The number of methoxy groups -OCH3 is 1. The van der Waals surface area contributed by atoms with Crippen LogP contribution in [-0.2, 0) is 29.2 Å². The number of aromatic nitrogens is 5. The van der Waals surface area contributed by atoms with E-state index in [1.54, 1.807) is 30.3 Å². The molecule has 206 valence electrons. The van der Waals surface area contributed by atoms with Gasteiger partial charge in [0.2, 0.25) is 0 Å². The van der Waals surface area contributed by atoms with Gasteiger partial charge >= 0.3 is 11.7 Å². The van der Waals surface area contributed by atoms with Gasteiger partial charge in [-0.1, -0.05) is 71.9 Å². The van der Waals surface area contributed by atoms with Gasteiger partial charge < -0.3 is 10.5 Å². The van der Waals surface area contributed by atoms with E-state index >= 15 is 0 Å². The number of aryl methyl sites for hydroxylation is 1. The van der Waals surface area contributed by atoms with Gasteiger partial charge in [0.1, 0.15) is 17.9 Å². The number of thioether (sulfide) groups is 1. The van der Waals surface area contributed by atoms with Crippen molar-refractivity contribution in [1.29, 1.82) is 0 Å². The van der Waals surface area contributed by atoms with Crippen molar-refractivity contribution in [3.8, 4) is 11.4 Å². The van der Waals surface area contributed by atoms with E-state index in [4.69, 9.17) is 5.73 Å². The van der Waals surface area contributed by atoms with E-state index in [1.807, 2.05) is 41.8 Å². The molecule has 0 aliphatic rings. The van der Waals surface area contributed by atoms with Crippen LogP contribution in [0.25, 0.3) is 11.4 Å². The Hall–Kier alpha value is -4.71. The average Bonchev–Trinajstić information content (AvgIpc) is 3.35. The average molecular weight is 561 g/mol. The molecule has 2 aromatic heterocycles. The van der Waals surface area contributed by atoms with E-state index in [0.29, 0.717) is 27.7 Å². The lowest BCUT2D eigenvalue weighted by Crippen LogP contribution is -2.45. The highest BCUT2D eigenvalue weighted by Gasteiger charge is 2.25. The third-order valence-corrected chi connectivity index (χ3v) is 7.05. The Kier molecular flexibility index (Phi) is 8.80. The highest BCUT2D eigenvalue weighted by molar-refractivity contribution is 7.99. The maximum Gasteiger partial charge on any atom is 0.333 e.